The number of nitrogens with two attached hydrogens (primary N) is 1. The average Bonchev–Trinajstić information content (AvgIpc) is 3.33. The van der Waals surface area contributed by atoms with Gasteiger partial charge in [-0.2, -0.15) is 5.26 Å². The number of hydrogen-bond donors (Lipinski definition) is 2. The lowest BCUT2D eigenvalue weighted by atomic mass is 10.0. The molecule has 0 radical (unpaired) electrons. The largest absolute Gasteiger partial charge is 0.486 e. The number of hydrogen-bond acceptors (Lipinski definition) is 6. The monoisotopic (exact) mass is 358 g/mol. The number of benzene rings is 2. The predicted molar refractivity (Wildman–Crippen MR) is 101 cm³/mol. The molecule has 3 aromatic rings. The molecule has 0 saturated carbocycles. The Balaban J connectivity index is 1.62. The molecule has 0 bridgehead atoms. The van der Waals surface area contributed by atoms with E-state index in [-0.39, 0.29) is 11.8 Å². The van der Waals surface area contributed by atoms with Crippen molar-refractivity contribution >= 4 is 11.4 Å². The fraction of sp³-hybridized carbons (Fsp3) is 0.190. The van der Waals surface area contributed by atoms with Gasteiger partial charge in [-0.25, -0.2) is 4.98 Å². The summed E-state index contributed by atoms with van der Waals surface area (Å²) in [5, 5.41) is 17.5. The van der Waals surface area contributed by atoms with Gasteiger partial charge in [0.15, 0.2) is 12.2 Å². The first-order valence-corrected chi connectivity index (χ1v) is 8.64. The molecule has 134 valence electrons. The van der Waals surface area contributed by atoms with Crippen molar-refractivity contribution in [3.63, 3.8) is 0 Å². The fourth-order valence-electron chi connectivity index (χ4n) is 3.44. The van der Waals surface area contributed by atoms with E-state index in [1.807, 2.05) is 19.1 Å². The summed E-state index contributed by atoms with van der Waals surface area (Å²) in [7, 11) is 0. The number of ether oxygens (including phenoxy) is 1. The molecule has 4 rings (SSSR count). The van der Waals surface area contributed by atoms with E-state index in [1.165, 1.54) is 12.6 Å². The second-order valence-corrected chi connectivity index (χ2v) is 6.61. The van der Waals surface area contributed by atoms with Crippen molar-refractivity contribution in [1.82, 2.24) is 4.98 Å². The summed E-state index contributed by atoms with van der Waals surface area (Å²) in [6.45, 7) is 1.94. The quantitative estimate of drug-likeness (QED) is 0.543. The van der Waals surface area contributed by atoms with Crippen LogP contribution in [0.25, 0.3) is 0 Å². The maximum Gasteiger partial charge on any atom is 0.181 e. The summed E-state index contributed by atoms with van der Waals surface area (Å²) in [4.78, 5) is 3.85. The van der Waals surface area contributed by atoms with E-state index in [9.17, 15) is 5.26 Å². The maximum absolute atomic E-state index is 9.21. The average molecular weight is 358 g/mol. The van der Waals surface area contributed by atoms with E-state index in [0.29, 0.717) is 28.3 Å². The van der Waals surface area contributed by atoms with Crippen molar-refractivity contribution in [1.29, 1.82) is 10.7 Å². The normalized spacial score (nSPS) is 15.2. The molecule has 1 aliphatic carbocycles. The Morgan fingerprint density at radius 1 is 1.37 bits per heavy atom. The standard InChI is InChI=1S/C21H18N4O2/c1-12-6-16-13(7-14(12)9-22)2-5-19(16)27-15-3-4-18(23)17(8-15)21(24)20-10-25-11-26-20/h3-4,6-8,10-11,19,24H,2,5,23H2,1H3. The molecule has 6 nitrogen and oxygen atoms in total. The number of aryl methyl sites for hydroxylation is 2. The molecule has 0 spiro atoms. The van der Waals surface area contributed by atoms with Crippen LogP contribution in [0.2, 0.25) is 0 Å². The molecule has 0 saturated heterocycles. The summed E-state index contributed by atoms with van der Waals surface area (Å²) in [6.07, 6.45) is 4.42. The van der Waals surface area contributed by atoms with Crippen LogP contribution in [-0.2, 0) is 6.42 Å². The zero-order valence-electron chi connectivity index (χ0n) is 14.8. The van der Waals surface area contributed by atoms with Crippen molar-refractivity contribution in [2.24, 2.45) is 0 Å². The SMILES string of the molecule is Cc1cc2c(cc1C#N)CCC2Oc1ccc(N)c(C(=N)c2cnco2)c1. The van der Waals surface area contributed by atoms with Crippen LogP contribution in [0.1, 0.15) is 46.1 Å². The number of nitriles is 1. The van der Waals surface area contributed by atoms with E-state index in [4.69, 9.17) is 20.3 Å². The van der Waals surface area contributed by atoms with Gasteiger partial charge in [0, 0.05) is 11.3 Å². The number of rotatable bonds is 4. The van der Waals surface area contributed by atoms with Gasteiger partial charge >= 0.3 is 0 Å². The van der Waals surface area contributed by atoms with Crippen molar-refractivity contribution < 1.29 is 9.15 Å². The highest BCUT2D eigenvalue weighted by Gasteiger charge is 2.26. The Hall–Kier alpha value is -3.59. The summed E-state index contributed by atoms with van der Waals surface area (Å²) in [5.41, 5.74) is 11.2. The molecule has 1 aliphatic rings. The van der Waals surface area contributed by atoms with Gasteiger partial charge in [0.25, 0.3) is 0 Å². The Kier molecular flexibility index (Phi) is 4.13. The molecule has 1 atom stereocenters. The number of anilines is 1. The molecule has 0 aliphatic heterocycles. The highest BCUT2D eigenvalue weighted by Crippen LogP contribution is 2.37. The minimum absolute atomic E-state index is 0.0811. The third-order valence-electron chi connectivity index (χ3n) is 4.88. The minimum Gasteiger partial charge on any atom is -0.486 e. The van der Waals surface area contributed by atoms with Gasteiger partial charge in [-0.05, 0) is 60.7 Å². The first-order valence-electron chi connectivity index (χ1n) is 8.64. The lowest BCUT2D eigenvalue weighted by Gasteiger charge is -2.17. The third-order valence-corrected chi connectivity index (χ3v) is 4.88. The number of nitrogens with one attached hydrogen (secondary N) is 1. The Labute approximate surface area is 156 Å². The van der Waals surface area contributed by atoms with Gasteiger partial charge in [0.2, 0.25) is 0 Å². The van der Waals surface area contributed by atoms with Gasteiger partial charge in [-0.15, -0.1) is 0 Å². The number of nitrogens with zero attached hydrogens (tertiary/aromatic N) is 2. The zero-order chi connectivity index (χ0) is 19.0. The first-order chi connectivity index (χ1) is 13.1. The van der Waals surface area contributed by atoms with E-state index >= 15 is 0 Å². The minimum atomic E-state index is -0.0811. The smallest absolute Gasteiger partial charge is 0.181 e. The summed E-state index contributed by atoms with van der Waals surface area (Å²) in [5.74, 6) is 0.994. The van der Waals surface area contributed by atoms with Gasteiger partial charge in [0.05, 0.1) is 17.8 Å². The molecule has 1 heterocycles. The lowest BCUT2D eigenvalue weighted by Crippen LogP contribution is -2.08. The van der Waals surface area contributed by atoms with Crippen LogP contribution in [0.5, 0.6) is 5.75 Å². The molecule has 2 aromatic carbocycles. The van der Waals surface area contributed by atoms with E-state index < -0.39 is 0 Å². The zero-order valence-corrected chi connectivity index (χ0v) is 14.8. The van der Waals surface area contributed by atoms with E-state index in [2.05, 4.69) is 11.1 Å². The summed E-state index contributed by atoms with van der Waals surface area (Å²) < 4.78 is 11.4. The Morgan fingerprint density at radius 3 is 2.96 bits per heavy atom. The van der Waals surface area contributed by atoms with Gasteiger partial charge in [-0.1, -0.05) is 6.07 Å². The molecule has 27 heavy (non-hydrogen) atoms. The van der Waals surface area contributed by atoms with Crippen LogP contribution >= 0.6 is 0 Å². The highest BCUT2D eigenvalue weighted by molar-refractivity contribution is 6.12. The van der Waals surface area contributed by atoms with E-state index in [1.54, 1.807) is 18.2 Å². The summed E-state index contributed by atoms with van der Waals surface area (Å²) in [6, 6.07) is 11.5. The highest BCUT2D eigenvalue weighted by atomic mass is 16.5. The predicted octanol–water partition coefficient (Wildman–Crippen LogP) is 3.92. The molecular weight excluding hydrogens is 340 g/mol. The third kappa shape index (κ3) is 3.04. The molecule has 1 aromatic heterocycles. The first kappa shape index (κ1) is 16.9. The second kappa shape index (κ2) is 6.61. The number of fused-ring (bicyclic) bond motifs is 1. The molecule has 1 unspecified atom stereocenters. The van der Waals surface area contributed by atoms with Crippen LogP contribution < -0.4 is 10.5 Å². The van der Waals surface area contributed by atoms with Crippen molar-refractivity contribution in [2.45, 2.75) is 25.9 Å². The molecule has 6 heteroatoms. The number of oxazole rings is 1. The molecule has 0 amide bonds. The van der Waals surface area contributed by atoms with Crippen LogP contribution in [0.3, 0.4) is 0 Å². The number of nitrogen functional groups attached to an aromatic ring is 1. The van der Waals surface area contributed by atoms with Gasteiger partial charge in [0.1, 0.15) is 17.6 Å². The van der Waals surface area contributed by atoms with Crippen molar-refractivity contribution in [2.75, 3.05) is 5.73 Å². The van der Waals surface area contributed by atoms with Crippen LogP contribution in [0, 0.1) is 23.7 Å². The second-order valence-electron chi connectivity index (χ2n) is 6.61. The topological polar surface area (TPSA) is 109 Å². The Bertz CT molecular complexity index is 1060. The van der Waals surface area contributed by atoms with Crippen molar-refractivity contribution in [3.8, 4) is 11.8 Å². The van der Waals surface area contributed by atoms with Crippen molar-refractivity contribution in [3.05, 3.63) is 76.5 Å². The lowest BCUT2D eigenvalue weighted by molar-refractivity contribution is 0.207. The van der Waals surface area contributed by atoms with Crippen LogP contribution in [0.4, 0.5) is 5.69 Å². The van der Waals surface area contributed by atoms with Crippen LogP contribution in [-0.4, -0.2) is 10.7 Å². The number of aromatic nitrogens is 1. The molecular formula is C21H18N4O2. The molecule has 3 N–H and O–H groups in total. The van der Waals surface area contributed by atoms with E-state index in [0.717, 1.165) is 29.5 Å². The Morgan fingerprint density at radius 2 is 2.22 bits per heavy atom. The molecule has 0 fully saturated rings. The van der Waals surface area contributed by atoms with Crippen LogP contribution in [0.15, 0.2) is 47.3 Å². The maximum atomic E-state index is 9.21. The summed E-state index contributed by atoms with van der Waals surface area (Å²) >= 11 is 0. The van der Waals surface area contributed by atoms with Gasteiger partial charge in [-0.3, -0.25) is 5.41 Å². The fourth-order valence-corrected chi connectivity index (χ4v) is 3.44. The van der Waals surface area contributed by atoms with Gasteiger partial charge < -0.3 is 14.9 Å².